The van der Waals surface area contributed by atoms with Crippen molar-refractivity contribution < 1.29 is 4.79 Å². The summed E-state index contributed by atoms with van der Waals surface area (Å²) in [7, 11) is 0. The first-order valence-electron chi connectivity index (χ1n) is 13.6. The molecule has 1 amide bonds. The number of halogens is 1. The minimum absolute atomic E-state index is 0.116. The molecule has 196 valence electrons. The summed E-state index contributed by atoms with van der Waals surface area (Å²) in [5.74, 6) is 0.715. The van der Waals surface area contributed by atoms with Crippen molar-refractivity contribution in [1.82, 2.24) is 4.90 Å². The fourth-order valence-corrected chi connectivity index (χ4v) is 6.16. The first-order chi connectivity index (χ1) is 18.4. The summed E-state index contributed by atoms with van der Waals surface area (Å²) in [6, 6.07) is 22.4. The second-order valence-corrected chi connectivity index (χ2v) is 11.0. The predicted octanol–water partition coefficient (Wildman–Crippen LogP) is 6.25. The Morgan fingerprint density at radius 3 is 2.18 bits per heavy atom. The molecule has 38 heavy (non-hydrogen) atoms. The van der Waals surface area contributed by atoms with Gasteiger partial charge < -0.3 is 14.7 Å². The van der Waals surface area contributed by atoms with Crippen molar-refractivity contribution in [3.8, 4) is 6.07 Å². The highest BCUT2D eigenvalue weighted by Crippen LogP contribution is 2.31. The zero-order valence-corrected chi connectivity index (χ0v) is 23.0. The third-order valence-corrected chi connectivity index (χ3v) is 8.48. The van der Waals surface area contributed by atoms with E-state index in [1.165, 1.54) is 11.1 Å². The fourth-order valence-electron chi connectivity index (χ4n) is 5.91. The minimum Gasteiger partial charge on any atom is -0.370 e. The van der Waals surface area contributed by atoms with Crippen LogP contribution in [0.15, 0.2) is 60.7 Å². The molecule has 5 nitrogen and oxygen atoms in total. The van der Waals surface area contributed by atoms with Crippen molar-refractivity contribution in [3.05, 3.63) is 93.5 Å². The molecule has 2 aliphatic rings. The Bertz CT molecular complexity index is 1350. The molecule has 2 saturated heterocycles. The quantitative estimate of drug-likeness (QED) is 0.394. The summed E-state index contributed by atoms with van der Waals surface area (Å²) in [6.07, 6.45) is 3.24. The number of nitrogens with zero attached hydrogens (tertiary/aromatic N) is 4. The number of para-hydroxylation sites is 2. The summed E-state index contributed by atoms with van der Waals surface area (Å²) in [5, 5.41) is 10.3. The maximum atomic E-state index is 13.6. The van der Waals surface area contributed by atoms with Crippen LogP contribution in [-0.2, 0) is 6.42 Å². The highest BCUT2D eigenvalue weighted by Gasteiger charge is 2.26. The number of carbonyl (C=O) groups excluding carboxylic acids is 1. The van der Waals surface area contributed by atoms with Gasteiger partial charge in [0.1, 0.15) is 6.07 Å². The van der Waals surface area contributed by atoms with Crippen LogP contribution < -0.4 is 9.80 Å². The van der Waals surface area contributed by atoms with E-state index in [1.807, 2.05) is 54.3 Å². The lowest BCUT2D eigenvalue weighted by molar-refractivity contribution is 0.0746. The van der Waals surface area contributed by atoms with Crippen LogP contribution in [0.2, 0.25) is 5.02 Å². The molecule has 3 aromatic rings. The Morgan fingerprint density at radius 2 is 1.50 bits per heavy atom. The van der Waals surface area contributed by atoms with Gasteiger partial charge in [-0.3, -0.25) is 4.79 Å². The number of hydrogen-bond donors (Lipinski definition) is 0. The van der Waals surface area contributed by atoms with Gasteiger partial charge in [-0.25, -0.2) is 0 Å². The largest absolute Gasteiger partial charge is 0.370 e. The molecule has 2 aliphatic heterocycles. The van der Waals surface area contributed by atoms with Crippen LogP contribution in [-0.4, -0.2) is 50.1 Å². The van der Waals surface area contributed by atoms with Crippen LogP contribution in [0, 0.1) is 31.1 Å². The molecule has 0 bridgehead atoms. The van der Waals surface area contributed by atoms with Crippen LogP contribution in [0.25, 0.3) is 0 Å². The third kappa shape index (κ3) is 5.51. The van der Waals surface area contributed by atoms with Crippen molar-refractivity contribution >= 4 is 28.9 Å². The van der Waals surface area contributed by atoms with E-state index in [2.05, 4.69) is 41.0 Å². The monoisotopic (exact) mass is 526 g/mol. The number of carbonyl (C=O) groups is 1. The van der Waals surface area contributed by atoms with Crippen LogP contribution in [0.1, 0.15) is 45.5 Å². The number of nitriles is 1. The average molecular weight is 527 g/mol. The topological polar surface area (TPSA) is 50.6 Å². The second-order valence-electron chi connectivity index (χ2n) is 10.6. The SMILES string of the molecule is Cc1cc(C)c(C(=O)N2CCN(c3ccccc3C#N)CC2)cc1CC1CCN(c2ccccc2Cl)CC1. The molecular formula is C32H35ClN4O. The highest BCUT2D eigenvalue weighted by molar-refractivity contribution is 6.33. The van der Waals surface area contributed by atoms with Gasteiger partial charge >= 0.3 is 0 Å². The predicted molar refractivity (Wildman–Crippen MR) is 155 cm³/mol. The van der Waals surface area contributed by atoms with Gasteiger partial charge in [0, 0.05) is 44.8 Å². The van der Waals surface area contributed by atoms with Crippen LogP contribution in [0.4, 0.5) is 11.4 Å². The molecule has 0 N–H and O–H groups in total. The van der Waals surface area contributed by atoms with E-state index in [1.54, 1.807) is 0 Å². The van der Waals surface area contributed by atoms with Crippen molar-refractivity contribution in [3.63, 3.8) is 0 Å². The zero-order chi connectivity index (χ0) is 26.6. The molecule has 0 saturated carbocycles. The molecule has 0 radical (unpaired) electrons. The maximum absolute atomic E-state index is 13.6. The molecule has 0 atom stereocenters. The van der Waals surface area contributed by atoms with Crippen molar-refractivity contribution in [1.29, 1.82) is 5.26 Å². The van der Waals surface area contributed by atoms with Crippen molar-refractivity contribution in [2.24, 2.45) is 5.92 Å². The smallest absolute Gasteiger partial charge is 0.254 e. The lowest BCUT2D eigenvalue weighted by Gasteiger charge is -2.37. The maximum Gasteiger partial charge on any atom is 0.254 e. The van der Waals surface area contributed by atoms with E-state index < -0.39 is 0 Å². The Labute approximate surface area is 231 Å². The van der Waals surface area contributed by atoms with Gasteiger partial charge in [-0.2, -0.15) is 5.26 Å². The summed E-state index contributed by atoms with van der Waals surface area (Å²) in [6.45, 7) is 8.99. The summed E-state index contributed by atoms with van der Waals surface area (Å²) in [4.78, 5) is 20.2. The molecule has 0 aliphatic carbocycles. The van der Waals surface area contributed by atoms with Gasteiger partial charge in [0.25, 0.3) is 5.91 Å². The molecular weight excluding hydrogens is 492 g/mol. The molecule has 0 aromatic heterocycles. The third-order valence-electron chi connectivity index (χ3n) is 8.16. The molecule has 0 unspecified atom stereocenters. The van der Waals surface area contributed by atoms with Gasteiger partial charge in [0.2, 0.25) is 0 Å². The van der Waals surface area contributed by atoms with E-state index in [9.17, 15) is 10.1 Å². The van der Waals surface area contributed by atoms with Gasteiger partial charge in [-0.15, -0.1) is 0 Å². The average Bonchev–Trinajstić information content (AvgIpc) is 2.95. The van der Waals surface area contributed by atoms with Crippen LogP contribution in [0.5, 0.6) is 0 Å². The molecule has 2 heterocycles. The lowest BCUT2D eigenvalue weighted by Crippen LogP contribution is -2.49. The minimum atomic E-state index is 0.116. The van der Waals surface area contributed by atoms with E-state index in [-0.39, 0.29) is 5.91 Å². The number of benzene rings is 3. The number of aryl methyl sites for hydroxylation is 2. The van der Waals surface area contributed by atoms with Crippen molar-refractivity contribution in [2.45, 2.75) is 33.1 Å². The van der Waals surface area contributed by atoms with Gasteiger partial charge in [0.15, 0.2) is 0 Å². The summed E-state index contributed by atoms with van der Waals surface area (Å²) < 4.78 is 0. The Hall–Kier alpha value is -3.49. The molecule has 2 fully saturated rings. The van der Waals surface area contributed by atoms with Crippen LogP contribution >= 0.6 is 11.6 Å². The van der Waals surface area contributed by atoms with Gasteiger partial charge in [-0.05, 0) is 86.1 Å². The number of piperazine rings is 1. The number of hydrogen-bond acceptors (Lipinski definition) is 4. The summed E-state index contributed by atoms with van der Waals surface area (Å²) >= 11 is 6.43. The van der Waals surface area contributed by atoms with Gasteiger partial charge in [-0.1, -0.05) is 41.9 Å². The normalized spacial score (nSPS) is 16.4. The molecule has 0 spiro atoms. The first-order valence-corrected chi connectivity index (χ1v) is 14.0. The van der Waals surface area contributed by atoms with Crippen molar-refractivity contribution in [2.75, 3.05) is 49.1 Å². The first kappa shape index (κ1) is 26.1. The standard InChI is InChI=1S/C32H35ClN4O/c1-23-19-24(2)28(32(38)37-17-15-36(16-18-37)30-9-5-3-7-26(30)22-34)21-27(23)20-25-11-13-35(14-12-25)31-10-6-4-8-29(31)33/h3-10,19,21,25H,11-18,20H2,1-2H3. The van der Waals surface area contributed by atoms with E-state index in [0.29, 0.717) is 24.6 Å². The fraction of sp³-hybridized carbons (Fsp3) is 0.375. The Morgan fingerprint density at radius 1 is 0.868 bits per heavy atom. The number of rotatable bonds is 5. The Balaban J connectivity index is 1.23. The number of piperidine rings is 1. The van der Waals surface area contributed by atoms with Gasteiger partial charge in [0.05, 0.1) is 22.0 Å². The number of amides is 1. The molecule has 5 rings (SSSR count). The number of anilines is 2. The molecule has 6 heteroatoms. The summed E-state index contributed by atoms with van der Waals surface area (Å²) in [5.41, 5.74) is 7.19. The second kappa shape index (κ2) is 11.5. The molecule has 3 aromatic carbocycles. The van der Waals surface area contributed by atoms with E-state index in [4.69, 9.17) is 11.6 Å². The highest BCUT2D eigenvalue weighted by atomic mass is 35.5. The van der Waals surface area contributed by atoms with E-state index >= 15 is 0 Å². The lowest BCUT2D eigenvalue weighted by atomic mass is 9.86. The van der Waals surface area contributed by atoms with Crippen LogP contribution in [0.3, 0.4) is 0 Å². The zero-order valence-electron chi connectivity index (χ0n) is 22.3. The Kier molecular flexibility index (Phi) is 7.90. The van der Waals surface area contributed by atoms with E-state index in [0.717, 1.165) is 73.0 Å².